The molecule has 1 heterocycles. The summed E-state index contributed by atoms with van der Waals surface area (Å²) < 4.78 is 8.44. The number of hydrogen-bond acceptors (Lipinski definition) is 1. The van der Waals surface area contributed by atoms with Crippen LogP contribution in [0.25, 0.3) is 0 Å². The molecular weight excluding hydrogens is 200 g/mol. The van der Waals surface area contributed by atoms with Gasteiger partial charge in [0.2, 0.25) is 0 Å². The van der Waals surface area contributed by atoms with Crippen molar-refractivity contribution >= 4 is 11.8 Å². The summed E-state index contributed by atoms with van der Waals surface area (Å²) in [6.07, 6.45) is 0. The maximum atomic E-state index is 8.44. The highest BCUT2D eigenvalue weighted by Crippen LogP contribution is 2.65. The summed E-state index contributed by atoms with van der Waals surface area (Å²) in [5, 5.41) is -0.182. The van der Waals surface area contributed by atoms with Gasteiger partial charge in [0, 0.05) is 11.8 Å². The summed E-state index contributed by atoms with van der Waals surface area (Å²) in [7, 11) is 0. The SMILES string of the molecule is [2H][C@@]1(c2ccccc2)S[C@@H]1c1ccccc1. The van der Waals surface area contributed by atoms with E-state index in [9.17, 15) is 0 Å². The van der Waals surface area contributed by atoms with Crippen LogP contribution in [0.5, 0.6) is 0 Å². The third kappa shape index (κ3) is 1.80. The normalized spacial score (nSPS) is 29.6. The van der Waals surface area contributed by atoms with Crippen LogP contribution in [-0.2, 0) is 0 Å². The maximum Gasteiger partial charge on any atom is 0.0482 e. The lowest BCUT2D eigenvalue weighted by Gasteiger charge is -1.98. The number of hydrogen-bond donors (Lipinski definition) is 0. The molecule has 2 aromatic rings. The smallest absolute Gasteiger partial charge is 0.0482 e. The van der Waals surface area contributed by atoms with Crippen molar-refractivity contribution in [2.75, 3.05) is 0 Å². The van der Waals surface area contributed by atoms with E-state index in [-0.39, 0.29) is 5.25 Å². The van der Waals surface area contributed by atoms with Gasteiger partial charge in [-0.1, -0.05) is 60.7 Å². The molecule has 1 fully saturated rings. The van der Waals surface area contributed by atoms with Gasteiger partial charge in [-0.15, -0.1) is 11.8 Å². The topological polar surface area (TPSA) is 0 Å². The van der Waals surface area contributed by atoms with Crippen LogP contribution >= 0.6 is 11.8 Å². The molecule has 2 aromatic carbocycles. The van der Waals surface area contributed by atoms with Crippen LogP contribution in [0, 0.1) is 0 Å². The molecule has 2 atom stereocenters. The van der Waals surface area contributed by atoms with Crippen molar-refractivity contribution in [3.63, 3.8) is 0 Å². The van der Waals surface area contributed by atoms with E-state index < -0.39 is 5.23 Å². The lowest BCUT2D eigenvalue weighted by Crippen LogP contribution is -1.82. The van der Waals surface area contributed by atoms with Gasteiger partial charge >= 0.3 is 0 Å². The van der Waals surface area contributed by atoms with Gasteiger partial charge in [-0.25, -0.2) is 0 Å². The van der Waals surface area contributed by atoms with Crippen LogP contribution in [0.3, 0.4) is 0 Å². The van der Waals surface area contributed by atoms with Crippen molar-refractivity contribution in [3.05, 3.63) is 71.8 Å². The van der Waals surface area contributed by atoms with E-state index in [0.29, 0.717) is 0 Å². The summed E-state index contributed by atoms with van der Waals surface area (Å²) in [5.74, 6) is 0. The van der Waals surface area contributed by atoms with Gasteiger partial charge in [0.25, 0.3) is 0 Å². The van der Waals surface area contributed by atoms with Crippen LogP contribution in [0.15, 0.2) is 60.7 Å². The zero-order chi connectivity index (χ0) is 11.0. The van der Waals surface area contributed by atoms with Crippen molar-refractivity contribution in [1.29, 1.82) is 0 Å². The van der Waals surface area contributed by atoms with Crippen molar-refractivity contribution in [2.24, 2.45) is 0 Å². The Bertz CT molecular complexity index is 483. The van der Waals surface area contributed by atoms with Crippen molar-refractivity contribution in [1.82, 2.24) is 0 Å². The van der Waals surface area contributed by atoms with Gasteiger partial charge < -0.3 is 0 Å². The molecule has 1 heteroatoms. The largest absolute Gasteiger partial charge is 0.143 e. The molecule has 0 spiro atoms. The van der Waals surface area contributed by atoms with E-state index in [2.05, 4.69) is 12.1 Å². The van der Waals surface area contributed by atoms with Crippen LogP contribution in [0.2, 0.25) is 0 Å². The predicted molar refractivity (Wildman–Crippen MR) is 66.0 cm³/mol. The zero-order valence-electron chi connectivity index (χ0n) is 9.26. The molecule has 0 unspecified atom stereocenters. The van der Waals surface area contributed by atoms with E-state index in [1.807, 2.05) is 48.5 Å². The average Bonchev–Trinajstić information content (AvgIpc) is 3.06. The second kappa shape index (κ2) is 3.74. The number of rotatable bonds is 2. The summed E-state index contributed by atoms with van der Waals surface area (Å²) in [4.78, 5) is 0. The highest BCUT2D eigenvalue weighted by molar-refractivity contribution is 8.06. The van der Waals surface area contributed by atoms with Crippen molar-refractivity contribution in [2.45, 2.75) is 10.5 Å². The van der Waals surface area contributed by atoms with E-state index in [1.54, 1.807) is 11.8 Å². The first-order chi connectivity index (χ1) is 7.81. The predicted octanol–water partition coefficient (Wildman–Crippen LogP) is 4.22. The zero-order valence-corrected chi connectivity index (χ0v) is 9.08. The van der Waals surface area contributed by atoms with Gasteiger partial charge in [0.15, 0.2) is 0 Å². The van der Waals surface area contributed by atoms with E-state index in [4.69, 9.17) is 1.37 Å². The molecule has 0 aromatic heterocycles. The number of thioether (sulfide) groups is 1. The van der Waals surface area contributed by atoms with Crippen LogP contribution in [0.1, 0.15) is 23.0 Å². The van der Waals surface area contributed by atoms with Gasteiger partial charge in [-0.3, -0.25) is 0 Å². The Labute approximate surface area is 95.7 Å². The Hall–Kier alpha value is -1.21. The van der Waals surface area contributed by atoms with E-state index in [1.165, 1.54) is 5.56 Å². The van der Waals surface area contributed by atoms with Gasteiger partial charge in [0.1, 0.15) is 0 Å². The third-order valence-corrected chi connectivity index (χ3v) is 3.80. The lowest BCUT2D eigenvalue weighted by atomic mass is 10.0. The van der Waals surface area contributed by atoms with Gasteiger partial charge in [-0.05, 0) is 11.1 Å². The molecule has 0 bridgehead atoms. The quantitative estimate of drug-likeness (QED) is 0.673. The molecule has 3 rings (SSSR count). The molecule has 0 N–H and O–H groups in total. The molecular formula is C14H12S. The fraction of sp³-hybridized carbons (Fsp3) is 0.143. The van der Waals surface area contributed by atoms with Crippen LogP contribution in [0.4, 0.5) is 0 Å². The molecule has 0 saturated carbocycles. The standard InChI is InChI=1S/C14H12S/c1-3-7-11(8-4-1)13-14(15-13)12-9-5-2-6-10-12/h1-10,13-14H/t13-,14+/i13D/m0/s1. The Morgan fingerprint density at radius 3 is 1.93 bits per heavy atom. The fourth-order valence-corrected chi connectivity index (χ4v) is 2.79. The second-order valence-electron chi connectivity index (χ2n) is 3.64. The molecule has 1 saturated heterocycles. The second-order valence-corrected chi connectivity index (χ2v) is 4.79. The van der Waals surface area contributed by atoms with Crippen LogP contribution in [-0.4, -0.2) is 0 Å². The summed E-state index contributed by atoms with van der Waals surface area (Å²) >= 11 is 1.71. The Morgan fingerprint density at radius 1 is 0.800 bits per heavy atom. The average molecular weight is 213 g/mol. The first-order valence-electron chi connectivity index (χ1n) is 5.59. The Balaban J connectivity index is 1.90. The summed E-state index contributed by atoms with van der Waals surface area (Å²) in [6, 6.07) is 20.4. The molecule has 0 amide bonds. The Kier molecular flexibility index (Phi) is 2.00. The van der Waals surface area contributed by atoms with Crippen LogP contribution < -0.4 is 0 Å². The first-order valence-corrected chi connectivity index (χ1v) is 5.97. The minimum absolute atomic E-state index is 0.288. The van der Waals surface area contributed by atoms with Crippen molar-refractivity contribution in [3.8, 4) is 0 Å². The first kappa shape index (κ1) is 8.00. The lowest BCUT2D eigenvalue weighted by molar-refractivity contribution is 1.03. The summed E-state index contributed by atoms with van der Waals surface area (Å²) in [6.45, 7) is 0. The molecule has 0 nitrogen and oxygen atoms in total. The minimum Gasteiger partial charge on any atom is -0.143 e. The third-order valence-electron chi connectivity index (χ3n) is 2.59. The van der Waals surface area contributed by atoms with Gasteiger partial charge in [0.05, 0.1) is 0 Å². The highest BCUT2D eigenvalue weighted by Gasteiger charge is 2.40. The summed E-state index contributed by atoms with van der Waals surface area (Å²) in [5.41, 5.74) is 2.36. The molecule has 0 radical (unpaired) electrons. The van der Waals surface area contributed by atoms with E-state index >= 15 is 0 Å². The molecule has 1 aliphatic rings. The molecule has 74 valence electrons. The maximum absolute atomic E-state index is 8.44. The number of benzene rings is 2. The van der Waals surface area contributed by atoms with Gasteiger partial charge in [-0.2, -0.15) is 0 Å². The monoisotopic (exact) mass is 213 g/mol. The molecule has 1 aliphatic heterocycles. The molecule has 15 heavy (non-hydrogen) atoms. The fourth-order valence-electron chi connectivity index (χ4n) is 1.76. The Morgan fingerprint density at radius 2 is 1.33 bits per heavy atom. The highest BCUT2D eigenvalue weighted by atomic mass is 32.2. The van der Waals surface area contributed by atoms with E-state index in [0.717, 1.165) is 5.56 Å². The van der Waals surface area contributed by atoms with Crippen molar-refractivity contribution < 1.29 is 1.37 Å². The minimum atomic E-state index is -0.470. The molecule has 0 aliphatic carbocycles.